The topological polar surface area (TPSA) is 99.4 Å². The van der Waals surface area contributed by atoms with Crippen LogP contribution in [0.25, 0.3) is 0 Å². The number of methoxy groups -OCH3 is 1. The van der Waals surface area contributed by atoms with Crippen molar-refractivity contribution in [3.8, 4) is 17.4 Å². The minimum Gasteiger partial charge on any atom is -0.493 e. The van der Waals surface area contributed by atoms with Crippen molar-refractivity contribution < 1.29 is 27.6 Å². The van der Waals surface area contributed by atoms with Gasteiger partial charge in [0.2, 0.25) is 5.82 Å². The molecule has 8 nitrogen and oxygen atoms in total. The third-order valence-electron chi connectivity index (χ3n) is 3.78. The highest BCUT2D eigenvalue weighted by Crippen LogP contribution is 2.40. The van der Waals surface area contributed by atoms with E-state index in [2.05, 4.69) is 15.3 Å². The first kappa shape index (κ1) is 21.1. The Bertz CT molecular complexity index is 1100. The normalized spacial score (nSPS) is 11.1. The van der Waals surface area contributed by atoms with Gasteiger partial charge in [0, 0.05) is 5.69 Å². The monoisotopic (exact) mass is 440 g/mol. The van der Waals surface area contributed by atoms with Crippen molar-refractivity contribution in [2.75, 3.05) is 12.4 Å². The van der Waals surface area contributed by atoms with E-state index in [9.17, 15) is 23.3 Å². The second-order valence-electron chi connectivity index (χ2n) is 5.70. The maximum atomic E-state index is 13.1. The van der Waals surface area contributed by atoms with Gasteiger partial charge in [-0.3, -0.25) is 10.1 Å². The lowest BCUT2D eigenvalue weighted by Gasteiger charge is -2.13. The average Bonchev–Trinajstić information content (AvgIpc) is 2.69. The Balaban J connectivity index is 2.01. The van der Waals surface area contributed by atoms with Gasteiger partial charge in [-0.1, -0.05) is 23.7 Å². The number of nitrogens with zero attached hydrogens (tertiary/aromatic N) is 3. The Morgan fingerprint density at radius 3 is 2.47 bits per heavy atom. The van der Waals surface area contributed by atoms with E-state index in [0.717, 1.165) is 18.5 Å². The lowest BCUT2D eigenvalue weighted by atomic mass is 10.2. The first-order valence-corrected chi connectivity index (χ1v) is 8.52. The summed E-state index contributed by atoms with van der Waals surface area (Å²) in [4.78, 5) is 18.4. The number of hydrogen-bond acceptors (Lipinski definition) is 7. The number of halogens is 4. The molecule has 0 saturated carbocycles. The summed E-state index contributed by atoms with van der Waals surface area (Å²) in [5.74, 6) is -0.339. The second-order valence-corrected chi connectivity index (χ2v) is 6.11. The predicted molar refractivity (Wildman–Crippen MR) is 101 cm³/mol. The maximum Gasteiger partial charge on any atom is 0.417 e. The van der Waals surface area contributed by atoms with Gasteiger partial charge in [-0.05, 0) is 30.3 Å². The summed E-state index contributed by atoms with van der Waals surface area (Å²) in [6, 6.07) is 9.34. The zero-order chi connectivity index (χ0) is 21.9. The van der Waals surface area contributed by atoms with Crippen LogP contribution in [-0.4, -0.2) is 22.0 Å². The van der Waals surface area contributed by atoms with Crippen LogP contribution in [0.1, 0.15) is 5.56 Å². The summed E-state index contributed by atoms with van der Waals surface area (Å²) in [5.41, 5.74) is -1.89. The number of rotatable bonds is 6. The van der Waals surface area contributed by atoms with E-state index in [-0.39, 0.29) is 17.3 Å². The first-order valence-electron chi connectivity index (χ1n) is 8.14. The van der Waals surface area contributed by atoms with Crippen molar-refractivity contribution in [3.05, 3.63) is 69.5 Å². The van der Waals surface area contributed by atoms with Gasteiger partial charge >= 0.3 is 17.7 Å². The molecule has 0 fully saturated rings. The molecule has 0 aliphatic rings. The molecule has 0 aliphatic heterocycles. The van der Waals surface area contributed by atoms with Crippen LogP contribution < -0.4 is 14.8 Å². The van der Waals surface area contributed by atoms with Gasteiger partial charge in [-0.15, -0.1) is 0 Å². The lowest BCUT2D eigenvalue weighted by molar-refractivity contribution is -0.385. The Labute approximate surface area is 172 Å². The molecule has 0 radical (unpaired) electrons. The van der Waals surface area contributed by atoms with E-state index in [1.54, 1.807) is 18.2 Å². The molecule has 0 bridgehead atoms. The molecular formula is C18H12ClF3N4O4. The van der Waals surface area contributed by atoms with E-state index in [1.165, 1.54) is 19.2 Å². The quantitative estimate of drug-likeness (QED) is 0.393. The zero-order valence-corrected chi connectivity index (χ0v) is 15.9. The van der Waals surface area contributed by atoms with Crippen LogP contribution >= 0.6 is 11.6 Å². The fraction of sp³-hybridized carbons (Fsp3) is 0.111. The van der Waals surface area contributed by atoms with E-state index >= 15 is 0 Å². The number of alkyl halides is 3. The van der Waals surface area contributed by atoms with Crippen LogP contribution in [0.5, 0.6) is 17.4 Å². The molecule has 0 unspecified atom stereocenters. The van der Waals surface area contributed by atoms with Gasteiger partial charge < -0.3 is 14.8 Å². The molecule has 12 heteroatoms. The molecule has 1 N–H and O–H groups in total. The number of ether oxygens (including phenoxy) is 2. The number of nitrogens with one attached hydrogen (secondary N) is 1. The molecule has 3 aromatic rings. The highest BCUT2D eigenvalue weighted by Gasteiger charge is 2.34. The maximum absolute atomic E-state index is 13.1. The van der Waals surface area contributed by atoms with Crippen LogP contribution in [0.15, 0.2) is 48.8 Å². The lowest BCUT2D eigenvalue weighted by Crippen LogP contribution is -2.08. The third kappa shape index (κ3) is 4.51. The number of benzene rings is 2. The molecule has 0 aliphatic carbocycles. The molecule has 1 aromatic heterocycles. The van der Waals surface area contributed by atoms with Gasteiger partial charge in [0.25, 0.3) is 0 Å². The Hall–Kier alpha value is -3.60. The van der Waals surface area contributed by atoms with Gasteiger partial charge in [-0.2, -0.15) is 18.2 Å². The minimum atomic E-state index is -4.70. The summed E-state index contributed by atoms with van der Waals surface area (Å²) in [6.07, 6.45) is -3.73. The summed E-state index contributed by atoms with van der Waals surface area (Å²) < 4.78 is 49.9. The second kappa shape index (κ2) is 8.41. The first-order chi connectivity index (χ1) is 14.2. The van der Waals surface area contributed by atoms with Crippen LogP contribution in [-0.2, 0) is 6.18 Å². The summed E-state index contributed by atoms with van der Waals surface area (Å²) in [7, 11) is 1.39. The summed E-state index contributed by atoms with van der Waals surface area (Å²) >= 11 is 5.60. The van der Waals surface area contributed by atoms with Crippen molar-refractivity contribution in [2.24, 2.45) is 0 Å². The SMILES string of the molecule is COc1ccccc1Oc1ncnc(Nc2ccc(Cl)c(C(F)(F)F)c2)c1[N+](=O)[O-]. The minimum absolute atomic E-state index is 0.114. The molecular weight excluding hydrogens is 429 g/mol. The standard InChI is InChI=1S/C18H12ClF3N4O4/c1-29-13-4-2-3-5-14(13)30-17-15(26(27)28)16(23-9-24-17)25-10-6-7-12(19)11(8-10)18(20,21)22/h2-9H,1H3,(H,23,24,25). The molecule has 3 rings (SSSR count). The smallest absolute Gasteiger partial charge is 0.417 e. The third-order valence-corrected chi connectivity index (χ3v) is 4.11. The highest BCUT2D eigenvalue weighted by atomic mass is 35.5. The highest BCUT2D eigenvalue weighted by molar-refractivity contribution is 6.31. The van der Waals surface area contributed by atoms with Gasteiger partial charge in [0.1, 0.15) is 6.33 Å². The van der Waals surface area contributed by atoms with E-state index in [4.69, 9.17) is 21.1 Å². The van der Waals surface area contributed by atoms with Crippen LogP contribution in [0.2, 0.25) is 5.02 Å². The molecule has 0 atom stereocenters. The fourth-order valence-electron chi connectivity index (χ4n) is 2.46. The molecule has 0 spiro atoms. The largest absolute Gasteiger partial charge is 0.493 e. The van der Waals surface area contributed by atoms with Crippen LogP contribution in [0.3, 0.4) is 0 Å². The van der Waals surface area contributed by atoms with Gasteiger partial charge in [0.05, 0.1) is 22.6 Å². The molecule has 1 heterocycles. The molecule has 2 aromatic carbocycles. The van der Waals surface area contributed by atoms with Crippen molar-refractivity contribution in [1.29, 1.82) is 0 Å². The van der Waals surface area contributed by atoms with Crippen LogP contribution in [0.4, 0.5) is 30.4 Å². The fourth-order valence-corrected chi connectivity index (χ4v) is 2.68. The number of nitro groups is 1. The van der Waals surface area contributed by atoms with E-state index in [0.29, 0.717) is 5.75 Å². The van der Waals surface area contributed by atoms with Crippen molar-refractivity contribution >= 4 is 28.8 Å². The Kier molecular flexibility index (Phi) is 5.92. The number of hydrogen-bond donors (Lipinski definition) is 1. The van der Waals surface area contributed by atoms with Crippen LogP contribution in [0, 0.1) is 10.1 Å². The zero-order valence-electron chi connectivity index (χ0n) is 15.1. The van der Waals surface area contributed by atoms with Crippen molar-refractivity contribution in [2.45, 2.75) is 6.18 Å². The molecule has 156 valence electrons. The number of para-hydroxylation sites is 2. The van der Waals surface area contributed by atoms with E-state index < -0.39 is 33.3 Å². The predicted octanol–water partition coefficient (Wildman–Crippen LogP) is 5.60. The molecule has 30 heavy (non-hydrogen) atoms. The van der Waals surface area contributed by atoms with E-state index in [1.807, 2.05) is 0 Å². The van der Waals surface area contributed by atoms with Crippen molar-refractivity contribution in [3.63, 3.8) is 0 Å². The number of aromatic nitrogens is 2. The van der Waals surface area contributed by atoms with Gasteiger partial charge in [0.15, 0.2) is 11.5 Å². The summed E-state index contributed by atoms with van der Waals surface area (Å²) in [6.45, 7) is 0. The Morgan fingerprint density at radius 2 is 1.83 bits per heavy atom. The molecule has 0 saturated heterocycles. The van der Waals surface area contributed by atoms with Gasteiger partial charge in [-0.25, -0.2) is 4.98 Å². The molecule has 0 amide bonds. The van der Waals surface area contributed by atoms with Crippen molar-refractivity contribution in [1.82, 2.24) is 9.97 Å². The average molecular weight is 441 g/mol. The summed E-state index contributed by atoms with van der Waals surface area (Å²) in [5, 5.41) is 13.6. The Morgan fingerprint density at radius 1 is 1.13 bits per heavy atom. The number of anilines is 2.